The van der Waals surface area contributed by atoms with Gasteiger partial charge in [0.2, 0.25) is 5.69 Å². The van der Waals surface area contributed by atoms with Gasteiger partial charge >= 0.3 is 11.3 Å². The number of rotatable bonds is 4. The number of pyridine rings is 1. The minimum Gasteiger partial charge on any atom is -0.397 e. The standard InChI is InChI=1S/C24H16N6O3S/c1-12-7-9-13(10-8-12)16-15(11-25)22(27)28-23-17(16)18(26)21(34-23)20(31)19-24(32)33-29-30(19)14-5-3-2-4-6-14/h2-10H,1H3,(H4-,26,27,28,29,31,32)/p+1. The average molecular weight is 470 g/mol. The van der Waals surface area contributed by atoms with Gasteiger partial charge in [0.15, 0.2) is 0 Å². The molecule has 0 saturated carbocycles. The second kappa shape index (κ2) is 7.99. The number of anilines is 2. The van der Waals surface area contributed by atoms with Crippen molar-refractivity contribution in [1.29, 1.82) is 5.26 Å². The average Bonchev–Trinajstić information content (AvgIpc) is 3.38. The number of hydrogen-bond acceptors (Lipinski definition) is 8. The molecule has 5 rings (SSSR count). The Balaban J connectivity index is 1.76. The molecule has 3 heterocycles. The van der Waals surface area contributed by atoms with Crippen molar-refractivity contribution in [2.75, 3.05) is 11.5 Å². The SMILES string of the molecule is Cc1ccc(-c2c(C#N)c(N)nc3sc(C(=O)c4c(=O)o[nH][n+]4-c4ccccc4)c(N)c23)cc1. The lowest BCUT2D eigenvalue weighted by Crippen LogP contribution is -2.41. The lowest BCUT2D eigenvalue weighted by molar-refractivity contribution is -0.672. The molecule has 0 bridgehead atoms. The number of nitriles is 1. The Kier molecular flexibility index (Phi) is 4.96. The van der Waals surface area contributed by atoms with Crippen LogP contribution in [0.2, 0.25) is 0 Å². The van der Waals surface area contributed by atoms with Crippen molar-refractivity contribution in [3.63, 3.8) is 0 Å². The summed E-state index contributed by atoms with van der Waals surface area (Å²) in [4.78, 5) is 30.8. The molecular formula is C24H17N6O3S+. The van der Waals surface area contributed by atoms with Gasteiger partial charge in [-0.3, -0.25) is 9.32 Å². The van der Waals surface area contributed by atoms with Crippen LogP contribution in [0.4, 0.5) is 11.5 Å². The van der Waals surface area contributed by atoms with Crippen molar-refractivity contribution < 1.29 is 14.0 Å². The molecule has 0 aliphatic rings. The number of benzene rings is 2. The predicted molar refractivity (Wildman–Crippen MR) is 128 cm³/mol. The van der Waals surface area contributed by atoms with Gasteiger partial charge in [0.25, 0.3) is 5.78 Å². The van der Waals surface area contributed by atoms with Gasteiger partial charge in [0.1, 0.15) is 27.2 Å². The minimum atomic E-state index is -0.838. The highest BCUT2D eigenvalue weighted by Gasteiger charge is 2.35. The molecular weight excluding hydrogens is 452 g/mol. The van der Waals surface area contributed by atoms with Crippen molar-refractivity contribution in [3.8, 4) is 22.9 Å². The van der Waals surface area contributed by atoms with Crippen molar-refractivity contribution in [2.24, 2.45) is 0 Å². The number of carbonyl (C=O) groups excluding carboxylic acids is 1. The fraction of sp³-hybridized carbons (Fsp3) is 0.0417. The second-order valence-electron chi connectivity index (χ2n) is 7.58. The summed E-state index contributed by atoms with van der Waals surface area (Å²) in [7, 11) is 0. The molecule has 0 aliphatic heterocycles. The summed E-state index contributed by atoms with van der Waals surface area (Å²) in [5.41, 5.74) is 14.6. The Bertz CT molecular complexity index is 1670. The number of hydrogen-bond donors (Lipinski definition) is 3. The van der Waals surface area contributed by atoms with E-state index in [-0.39, 0.29) is 27.6 Å². The number of nitrogens with one attached hydrogen (secondary N) is 1. The van der Waals surface area contributed by atoms with Gasteiger partial charge < -0.3 is 11.5 Å². The number of nitrogens with two attached hydrogens (primary N) is 2. The van der Waals surface area contributed by atoms with E-state index in [0.29, 0.717) is 27.0 Å². The molecule has 0 unspecified atom stereocenters. The Hall–Kier alpha value is -4.75. The number of H-pyrrole nitrogens is 1. The van der Waals surface area contributed by atoms with Crippen LogP contribution in [0.1, 0.15) is 26.5 Å². The van der Waals surface area contributed by atoms with Crippen molar-refractivity contribution in [1.82, 2.24) is 10.3 Å². The first-order valence-corrected chi connectivity index (χ1v) is 10.9. The van der Waals surface area contributed by atoms with Gasteiger partial charge in [-0.05, 0) is 22.4 Å². The van der Waals surface area contributed by atoms with E-state index < -0.39 is 11.4 Å². The number of nitrogens with zero attached hydrogens (tertiary/aromatic N) is 3. The van der Waals surface area contributed by atoms with E-state index in [0.717, 1.165) is 16.9 Å². The topological polar surface area (TPSA) is 156 Å². The van der Waals surface area contributed by atoms with Gasteiger partial charge in [0.05, 0.1) is 5.69 Å². The Morgan fingerprint density at radius 2 is 1.85 bits per heavy atom. The van der Waals surface area contributed by atoms with Crippen LogP contribution in [-0.4, -0.2) is 16.0 Å². The summed E-state index contributed by atoms with van der Waals surface area (Å²) in [5.74, 6) is -0.599. The van der Waals surface area contributed by atoms with E-state index in [1.165, 1.54) is 4.68 Å². The summed E-state index contributed by atoms with van der Waals surface area (Å²) in [6.07, 6.45) is 0. The van der Waals surface area contributed by atoms with Crippen LogP contribution in [0.25, 0.3) is 27.0 Å². The fourth-order valence-electron chi connectivity index (χ4n) is 3.79. The zero-order valence-corrected chi connectivity index (χ0v) is 18.6. The molecule has 5 N–H and O–H groups in total. The van der Waals surface area contributed by atoms with Crippen LogP contribution in [0.3, 0.4) is 0 Å². The van der Waals surface area contributed by atoms with Crippen LogP contribution in [0.15, 0.2) is 63.9 Å². The van der Waals surface area contributed by atoms with Crippen molar-refractivity contribution in [3.05, 3.63) is 86.7 Å². The largest absolute Gasteiger partial charge is 0.439 e. The smallest absolute Gasteiger partial charge is 0.397 e. The zero-order valence-electron chi connectivity index (χ0n) is 17.8. The molecule has 3 aromatic heterocycles. The normalized spacial score (nSPS) is 10.9. The summed E-state index contributed by atoms with van der Waals surface area (Å²) < 4.78 is 6.17. The molecule has 10 heteroatoms. The number of ketones is 1. The van der Waals surface area contributed by atoms with Crippen LogP contribution < -0.4 is 21.8 Å². The first-order chi connectivity index (χ1) is 16.4. The maximum Gasteiger partial charge on any atom is 0.439 e. The van der Waals surface area contributed by atoms with Crippen molar-refractivity contribution in [2.45, 2.75) is 6.92 Å². The Morgan fingerprint density at radius 1 is 1.15 bits per heavy atom. The fourth-order valence-corrected chi connectivity index (χ4v) is 4.85. The van der Waals surface area contributed by atoms with E-state index >= 15 is 0 Å². The first-order valence-electron chi connectivity index (χ1n) is 10.1. The number of aromatic amines is 1. The van der Waals surface area contributed by atoms with E-state index in [1.807, 2.05) is 37.3 Å². The maximum atomic E-state index is 13.6. The number of carbonyl (C=O) groups is 1. The van der Waals surface area contributed by atoms with E-state index in [9.17, 15) is 14.9 Å². The van der Waals surface area contributed by atoms with E-state index in [2.05, 4.69) is 16.3 Å². The van der Waals surface area contributed by atoms with E-state index in [4.69, 9.17) is 16.0 Å². The highest BCUT2D eigenvalue weighted by Crippen LogP contribution is 2.43. The van der Waals surface area contributed by atoms with Gasteiger partial charge in [-0.1, -0.05) is 48.0 Å². The number of nitrogen functional groups attached to an aromatic ring is 2. The second-order valence-corrected chi connectivity index (χ2v) is 8.58. The highest BCUT2D eigenvalue weighted by atomic mass is 32.1. The van der Waals surface area contributed by atoms with Gasteiger partial charge in [0, 0.05) is 23.1 Å². The predicted octanol–water partition coefficient (Wildman–Crippen LogP) is 3.10. The zero-order chi connectivity index (χ0) is 24.0. The molecule has 0 aliphatic carbocycles. The molecule has 0 radical (unpaired) electrons. The summed E-state index contributed by atoms with van der Waals surface area (Å²) in [6.45, 7) is 1.95. The first kappa shape index (κ1) is 21.1. The van der Waals surface area contributed by atoms with Gasteiger partial charge in [-0.15, -0.1) is 11.3 Å². The quantitative estimate of drug-likeness (QED) is 0.270. The Labute approximate surface area is 196 Å². The lowest BCUT2D eigenvalue weighted by Gasteiger charge is -2.09. The number of thiophene rings is 1. The molecule has 0 amide bonds. The molecule has 166 valence electrons. The Morgan fingerprint density at radius 3 is 2.53 bits per heavy atom. The number of para-hydroxylation sites is 1. The molecule has 2 aromatic carbocycles. The molecule has 0 fully saturated rings. The minimum absolute atomic E-state index is 0.0336. The molecule has 5 aromatic rings. The van der Waals surface area contributed by atoms with Crippen LogP contribution in [-0.2, 0) is 0 Å². The monoisotopic (exact) mass is 469 g/mol. The van der Waals surface area contributed by atoms with E-state index in [1.54, 1.807) is 24.3 Å². The number of aryl methyl sites for hydroxylation is 1. The third-order valence-corrected chi connectivity index (χ3v) is 6.54. The summed E-state index contributed by atoms with van der Waals surface area (Å²) >= 11 is 1.01. The van der Waals surface area contributed by atoms with Crippen molar-refractivity contribution >= 4 is 38.8 Å². The molecule has 0 spiro atoms. The molecule has 34 heavy (non-hydrogen) atoms. The lowest BCUT2D eigenvalue weighted by atomic mass is 9.96. The molecule has 0 saturated heterocycles. The third kappa shape index (κ3) is 3.23. The number of aromatic nitrogens is 3. The highest BCUT2D eigenvalue weighted by molar-refractivity contribution is 7.21. The molecule has 9 nitrogen and oxygen atoms in total. The van der Waals surface area contributed by atoms with Crippen LogP contribution in [0.5, 0.6) is 0 Å². The van der Waals surface area contributed by atoms with Gasteiger partial charge in [-0.2, -0.15) is 5.26 Å². The van der Waals surface area contributed by atoms with Crippen LogP contribution >= 0.6 is 11.3 Å². The number of fused-ring (bicyclic) bond motifs is 1. The van der Waals surface area contributed by atoms with Gasteiger partial charge in [-0.25, -0.2) is 9.78 Å². The summed E-state index contributed by atoms with van der Waals surface area (Å²) in [6, 6.07) is 18.4. The van der Waals surface area contributed by atoms with Crippen LogP contribution in [0, 0.1) is 18.3 Å². The summed E-state index contributed by atoms with van der Waals surface area (Å²) in [5, 5.41) is 12.7. The molecule has 0 atom stereocenters. The third-order valence-electron chi connectivity index (χ3n) is 5.44. The maximum absolute atomic E-state index is 13.6.